The van der Waals surface area contributed by atoms with E-state index in [9.17, 15) is 15.2 Å². The molecule has 0 spiro atoms. The van der Waals surface area contributed by atoms with Gasteiger partial charge in [0.1, 0.15) is 24.0 Å². The zero-order chi connectivity index (χ0) is 16.2. The zero-order valence-corrected chi connectivity index (χ0v) is 12.1. The molecule has 3 aromatic rings. The van der Waals surface area contributed by atoms with Gasteiger partial charge in [-0.3, -0.25) is 15.1 Å². The van der Waals surface area contributed by atoms with E-state index < -0.39 is 11.0 Å². The molecule has 0 bridgehead atoms. The van der Waals surface area contributed by atoms with Crippen LogP contribution in [0, 0.1) is 10.1 Å². The summed E-state index contributed by atoms with van der Waals surface area (Å²) in [5.41, 5.74) is 1.12. The van der Waals surface area contributed by atoms with Gasteiger partial charge in [-0.1, -0.05) is 30.3 Å². The summed E-state index contributed by atoms with van der Waals surface area (Å²) >= 11 is 0. The van der Waals surface area contributed by atoms with E-state index in [1.807, 2.05) is 18.2 Å². The number of fused-ring (bicyclic) bond motifs is 1. The minimum atomic E-state index is -0.787. The Morgan fingerprint density at radius 3 is 2.65 bits per heavy atom. The number of non-ortho nitro benzene ring substituents is 1. The largest absolute Gasteiger partial charge is 0.488 e. The molecule has 0 saturated heterocycles. The van der Waals surface area contributed by atoms with Gasteiger partial charge in [-0.05, 0) is 23.8 Å². The summed E-state index contributed by atoms with van der Waals surface area (Å²) in [6.07, 6.45) is 0.761. The van der Waals surface area contributed by atoms with Gasteiger partial charge in [0, 0.05) is 12.3 Å². The molecule has 0 fully saturated rings. The van der Waals surface area contributed by atoms with Crippen molar-refractivity contribution >= 4 is 16.6 Å². The summed E-state index contributed by atoms with van der Waals surface area (Å²) in [5.74, 6) is 0.404. The van der Waals surface area contributed by atoms with Crippen LogP contribution >= 0.6 is 0 Å². The first kappa shape index (κ1) is 14.9. The number of nitro benzene ring substituents is 1. The molecule has 23 heavy (non-hydrogen) atoms. The number of aromatic nitrogens is 1. The van der Waals surface area contributed by atoms with Crippen LogP contribution in [-0.2, 0) is 0 Å². The molecule has 3 rings (SSSR count). The Hall–Kier alpha value is -2.99. The normalized spacial score (nSPS) is 12.0. The molecule has 0 saturated carbocycles. The predicted molar refractivity (Wildman–Crippen MR) is 85.3 cm³/mol. The van der Waals surface area contributed by atoms with Gasteiger partial charge in [-0.2, -0.15) is 0 Å². The highest BCUT2D eigenvalue weighted by Gasteiger charge is 2.16. The second-order valence-electron chi connectivity index (χ2n) is 4.98. The maximum atomic E-state index is 11.1. The molecule has 0 amide bonds. The number of nitrogens with zero attached hydrogens (tertiary/aromatic N) is 2. The fourth-order valence-corrected chi connectivity index (χ4v) is 2.35. The number of pyridine rings is 1. The van der Waals surface area contributed by atoms with E-state index >= 15 is 0 Å². The highest BCUT2D eigenvalue weighted by Crippen LogP contribution is 2.31. The molecule has 0 unspecified atom stereocenters. The molecule has 0 aliphatic rings. The minimum Gasteiger partial charge on any atom is -0.488 e. The van der Waals surface area contributed by atoms with Gasteiger partial charge < -0.3 is 9.84 Å². The average molecular weight is 310 g/mol. The third kappa shape index (κ3) is 3.12. The number of rotatable bonds is 5. The molecule has 0 aliphatic carbocycles. The van der Waals surface area contributed by atoms with Gasteiger partial charge >= 0.3 is 0 Å². The van der Waals surface area contributed by atoms with Crippen molar-refractivity contribution in [2.75, 3.05) is 6.61 Å². The maximum absolute atomic E-state index is 11.1. The second-order valence-corrected chi connectivity index (χ2v) is 4.98. The second kappa shape index (κ2) is 6.41. The van der Waals surface area contributed by atoms with Gasteiger partial charge in [-0.25, -0.2) is 0 Å². The molecular formula is C17H14N2O4. The molecule has 6 nitrogen and oxygen atoms in total. The van der Waals surface area contributed by atoms with E-state index in [0.717, 1.165) is 5.56 Å². The van der Waals surface area contributed by atoms with E-state index in [0.29, 0.717) is 16.7 Å². The Labute approximate surface area is 132 Å². The van der Waals surface area contributed by atoms with Crippen LogP contribution in [-0.4, -0.2) is 21.6 Å². The predicted octanol–water partition coefficient (Wildman–Crippen LogP) is 3.26. The number of aliphatic hydroxyl groups excluding tert-OH is 1. The zero-order valence-electron chi connectivity index (χ0n) is 12.1. The summed E-state index contributed by atoms with van der Waals surface area (Å²) in [5, 5.41) is 21.6. The fourth-order valence-electron chi connectivity index (χ4n) is 2.35. The Bertz CT molecular complexity index is 836. The summed E-state index contributed by atoms with van der Waals surface area (Å²) in [4.78, 5) is 14.8. The number of benzene rings is 2. The average Bonchev–Trinajstić information content (AvgIpc) is 2.59. The molecule has 0 aliphatic heterocycles. The van der Waals surface area contributed by atoms with Crippen LogP contribution in [0.5, 0.6) is 5.75 Å². The highest BCUT2D eigenvalue weighted by atomic mass is 16.6. The number of hydrogen-bond donors (Lipinski definition) is 1. The molecule has 1 aromatic heterocycles. The lowest BCUT2D eigenvalue weighted by Gasteiger charge is -2.13. The minimum absolute atomic E-state index is 0.0240. The molecule has 0 radical (unpaired) electrons. The lowest BCUT2D eigenvalue weighted by Crippen LogP contribution is -2.10. The topological polar surface area (TPSA) is 85.5 Å². The third-order valence-corrected chi connectivity index (χ3v) is 3.49. The molecule has 116 valence electrons. The van der Waals surface area contributed by atoms with E-state index in [4.69, 9.17) is 4.74 Å². The summed E-state index contributed by atoms with van der Waals surface area (Å²) in [7, 11) is 0. The van der Waals surface area contributed by atoms with Crippen LogP contribution in [0.1, 0.15) is 11.7 Å². The van der Waals surface area contributed by atoms with Crippen molar-refractivity contribution in [3.05, 3.63) is 76.5 Å². The number of hydrogen-bond acceptors (Lipinski definition) is 5. The number of nitro groups is 1. The molecule has 1 atom stereocenters. The Balaban J connectivity index is 1.87. The summed E-state index contributed by atoms with van der Waals surface area (Å²) in [6, 6.07) is 15.3. The molecule has 1 N–H and O–H groups in total. The standard InChI is InChI=1S/C17H14N2O4/c20-15(12-5-2-1-3-6-12)11-23-16-9-8-14(19(21)22)13-7-4-10-18-17(13)16/h1-10,15,20H,11H2/t15-/m1/s1. The lowest BCUT2D eigenvalue weighted by atomic mass is 10.1. The van der Waals surface area contributed by atoms with E-state index in [1.165, 1.54) is 12.1 Å². The van der Waals surface area contributed by atoms with Crippen molar-refractivity contribution in [2.45, 2.75) is 6.10 Å². The van der Waals surface area contributed by atoms with Gasteiger partial charge in [0.05, 0.1) is 10.3 Å². The van der Waals surface area contributed by atoms with Gasteiger partial charge in [0.15, 0.2) is 0 Å². The van der Waals surface area contributed by atoms with Crippen molar-refractivity contribution in [2.24, 2.45) is 0 Å². The highest BCUT2D eigenvalue weighted by molar-refractivity contribution is 5.92. The van der Waals surface area contributed by atoms with Crippen molar-refractivity contribution in [3.8, 4) is 5.75 Å². The van der Waals surface area contributed by atoms with Gasteiger partial charge in [0.25, 0.3) is 5.69 Å². The first-order valence-electron chi connectivity index (χ1n) is 7.05. The first-order chi connectivity index (χ1) is 11.2. The van der Waals surface area contributed by atoms with Crippen LogP contribution in [0.3, 0.4) is 0 Å². The van der Waals surface area contributed by atoms with E-state index in [1.54, 1.807) is 30.5 Å². The summed E-state index contributed by atoms with van der Waals surface area (Å²) in [6.45, 7) is 0.0352. The van der Waals surface area contributed by atoms with Crippen molar-refractivity contribution in [1.82, 2.24) is 4.98 Å². The maximum Gasteiger partial charge on any atom is 0.279 e. The first-order valence-corrected chi connectivity index (χ1v) is 7.05. The quantitative estimate of drug-likeness (QED) is 0.577. The van der Waals surface area contributed by atoms with Crippen LogP contribution in [0.25, 0.3) is 10.9 Å². The van der Waals surface area contributed by atoms with E-state index in [2.05, 4.69) is 4.98 Å². The SMILES string of the molecule is O=[N+]([O-])c1ccc(OC[C@@H](O)c2ccccc2)c2ncccc12. The number of ether oxygens (including phenoxy) is 1. The molecular weight excluding hydrogens is 296 g/mol. The summed E-state index contributed by atoms with van der Waals surface area (Å²) < 4.78 is 5.64. The third-order valence-electron chi connectivity index (χ3n) is 3.49. The van der Waals surface area contributed by atoms with Gasteiger partial charge in [-0.15, -0.1) is 0 Å². The lowest BCUT2D eigenvalue weighted by molar-refractivity contribution is -0.383. The fraction of sp³-hybridized carbons (Fsp3) is 0.118. The molecule has 2 aromatic carbocycles. The van der Waals surface area contributed by atoms with Crippen molar-refractivity contribution in [3.63, 3.8) is 0 Å². The smallest absolute Gasteiger partial charge is 0.279 e. The molecule has 6 heteroatoms. The Kier molecular flexibility index (Phi) is 4.16. The van der Waals surface area contributed by atoms with Crippen LogP contribution in [0.15, 0.2) is 60.8 Å². The van der Waals surface area contributed by atoms with Crippen LogP contribution in [0.4, 0.5) is 5.69 Å². The monoisotopic (exact) mass is 310 g/mol. The van der Waals surface area contributed by atoms with Crippen LogP contribution < -0.4 is 4.74 Å². The van der Waals surface area contributed by atoms with Gasteiger partial charge in [0.2, 0.25) is 0 Å². The van der Waals surface area contributed by atoms with E-state index in [-0.39, 0.29) is 12.3 Å². The van der Waals surface area contributed by atoms with Crippen molar-refractivity contribution in [1.29, 1.82) is 0 Å². The Morgan fingerprint density at radius 2 is 1.91 bits per heavy atom. The Morgan fingerprint density at radius 1 is 1.13 bits per heavy atom. The number of aliphatic hydroxyl groups is 1. The van der Waals surface area contributed by atoms with Crippen LogP contribution in [0.2, 0.25) is 0 Å². The molecule has 1 heterocycles. The van der Waals surface area contributed by atoms with Crippen molar-refractivity contribution < 1.29 is 14.8 Å².